The lowest BCUT2D eigenvalue weighted by Gasteiger charge is -2.42. The molecule has 5 rings (SSSR count). The van der Waals surface area contributed by atoms with Crippen LogP contribution in [0.3, 0.4) is 0 Å². The molecule has 0 bridgehead atoms. The van der Waals surface area contributed by atoms with Crippen molar-refractivity contribution in [2.75, 3.05) is 31.1 Å². The maximum Gasteiger partial charge on any atom is 0.289 e. The van der Waals surface area contributed by atoms with Crippen LogP contribution in [0.4, 0.5) is 5.82 Å². The third kappa shape index (κ3) is 3.87. The van der Waals surface area contributed by atoms with Crippen LogP contribution < -0.4 is 4.90 Å². The van der Waals surface area contributed by atoms with Gasteiger partial charge >= 0.3 is 0 Å². The van der Waals surface area contributed by atoms with E-state index in [2.05, 4.69) is 17.9 Å². The Labute approximate surface area is 193 Å². The van der Waals surface area contributed by atoms with Crippen LogP contribution in [-0.4, -0.2) is 48.1 Å². The standard InChI is InChI=1S/C26H26N4O3/c1-2-19-16-29(11-12-30(19)26(31)23-9-6-13-33-23)25-21(15-27)20-10-14-32-17-22(20)24(28-25)18-7-4-3-5-8-18/h3-9,13,19H,2,10-12,14,16-17H2,1H3. The Kier molecular flexibility index (Phi) is 5.84. The van der Waals surface area contributed by atoms with Crippen molar-refractivity contribution >= 4 is 11.7 Å². The van der Waals surface area contributed by atoms with Crippen molar-refractivity contribution < 1.29 is 13.9 Å². The Bertz CT molecular complexity index is 1180. The molecule has 33 heavy (non-hydrogen) atoms. The quantitative estimate of drug-likeness (QED) is 0.607. The maximum atomic E-state index is 13.0. The molecular formula is C26H26N4O3. The third-order valence-corrected chi connectivity index (χ3v) is 6.54. The number of aromatic nitrogens is 1. The van der Waals surface area contributed by atoms with Gasteiger partial charge in [0.25, 0.3) is 5.91 Å². The van der Waals surface area contributed by atoms with Crippen molar-refractivity contribution in [3.05, 3.63) is 71.2 Å². The van der Waals surface area contributed by atoms with E-state index in [0.29, 0.717) is 56.4 Å². The molecule has 1 unspecified atom stereocenters. The predicted molar refractivity (Wildman–Crippen MR) is 124 cm³/mol. The molecule has 168 valence electrons. The van der Waals surface area contributed by atoms with Crippen LogP contribution in [0, 0.1) is 11.3 Å². The molecule has 1 fully saturated rings. The van der Waals surface area contributed by atoms with Crippen LogP contribution in [0.15, 0.2) is 53.1 Å². The normalized spacial score (nSPS) is 18.0. The minimum Gasteiger partial charge on any atom is -0.459 e. The molecular weight excluding hydrogens is 416 g/mol. The lowest BCUT2D eigenvalue weighted by atomic mass is 9.93. The van der Waals surface area contributed by atoms with Crippen molar-refractivity contribution in [3.8, 4) is 17.3 Å². The molecule has 2 aliphatic heterocycles. The summed E-state index contributed by atoms with van der Waals surface area (Å²) < 4.78 is 11.1. The van der Waals surface area contributed by atoms with E-state index in [0.717, 1.165) is 28.8 Å². The Balaban J connectivity index is 1.53. The zero-order chi connectivity index (χ0) is 22.8. The molecule has 1 aromatic carbocycles. The van der Waals surface area contributed by atoms with Gasteiger partial charge in [0.15, 0.2) is 5.76 Å². The van der Waals surface area contributed by atoms with E-state index >= 15 is 0 Å². The van der Waals surface area contributed by atoms with E-state index in [4.69, 9.17) is 14.1 Å². The van der Waals surface area contributed by atoms with E-state index in [1.807, 2.05) is 35.2 Å². The summed E-state index contributed by atoms with van der Waals surface area (Å²) in [6.45, 7) is 4.91. The van der Waals surface area contributed by atoms with Crippen molar-refractivity contribution in [1.82, 2.24) is 9.88 Å². The number of hydrogen-bond donors (Lipinski definition) is 0. The first-order chi connectivity index (χ1) is 16.2. The number of piperazine rings is 1. The Morgan fingerprint density at radius 3 is 2.76 bits per heavy atom. The average Bonchev–Trinajstić information content (AvgIpc) is 3.42. The fraction of sp³-hybridized carbons (Fsp3) is 0.346. The van der Waals surface area contributed by atoms with E-state index in [9.17, 15) is 10.1 Å². The molecule has 1 saturated heterocycles. The molecule has 7 nitrogen and oxygen atoms in total. The lowest BCUT2D eigenvalue weighted by molar-refractivity contribution is 0.0618. The maximum absolute atomic E-state index is 13.0. The molecule has 7 heteroatoms. The van der Waals surface area contributed by atoms with Gasteiger partial charge in [-0.25, -0.2) is 4.98 Å². The van der Waals surface area contributed by atoms with E-state index < -0.39 is 0 Å². The number of fused-ring (bicyclic) bond motifs is 1. The molecule has 0 spiro atoms. The van der Waals surface area contributed by atoms with Crippen LogP contribution in [0.25, 0.3) is 11.3 Å². The Morgan fingerprint density at radius 1 is 1.18 bits per heavy atom. The minimum atomic E-state index is -0.0902. The third-order valence-electron chi connectivity index (χ3n) is 6.54. The first kappa shape index (κ1) is 21.2. The summed E-state index contributed by atoms with van der Waals surface area (Å²) in [6, 6.07) is 15.9. The summed E-state index contributed by atoms with van der Waals surface area (Å²) in [6.07, 6.45) is 3.02. The number of nitriles is 1. The number of benzene rings is 1. The monoisotopic (exact) mass is 442 g/mol. The van der Waals surface area contributed by atoms with Gasteiger partial charge in [0, 0.05) is 36.8 Å². The van der Waals surface area contributed by atoms with E-state index in [-0.39, 0.29) is 11.9 Å². The lowest BCUT2D eigenvalue weighted by Crippen LogP contribution is -2.55. The second kappa shape index (κ2) is 9.08. The van der Waals surface area contributed by atoms with Crippen molar-refractivity contribution in [2.45, 2.75) is 32.4 Å². The smallest absolute Gasteiger partial charge is 0.289 e. The fourth-order valence-corrected chi connectivity index (χ4v) is 4.83. The highest BCUT2D eigenvalue weighted by Crippen LogP contribution is 2.36. The van der Waals surface area contributed by atoms with Crippen LogP contribution in [0.2, 0.25) is 0 Å². The van der Waals surface area contributed by atoms with Gasteiger partial charge in [-0.2, -0.15) is 5.26 Å². The van der Waals surface area contributed by atoms with E-state index in [1.54, 1.807) is 12.1 Å². The summed E-state index contributed by atoms with van der Waals surface area (Å²) in [4.78, 5) is 22.0. The van der Waals surface area contributed by atoms with Crippen molar-refractivity contribution in [2.24, 2.45) is 0 Å². The molecule has 0 N–H and O–H groups in total. The number of hydrogen-bond acceptors (Lipinski definition) is 6. The molecule has 2 aliphatic rings. The van der Waals surface area contributed by atoms with Crippen LogP contribution in [-0.2, 0) is 17.8 Å². The SMILES string of the molecule is CCC1CN(c2nc(-c3ccccc3)c3c(c2C#N)CCOC3)CCN1C(=O)c1ccco1. The van der Waals surface area contributed by atoms with Gasteiger partial charge < -0.3 is 19.0 Å². The second-order valence-electron chi connectivity index (χ2n) is 8.38. The summed E-state index contributed by atoms with van der Waals surface area (Å²) in [7, 11) is 0. The molecule has 4 heterocycles. The van der Waals surface area contributed by atoms with Crippen LogP contribution in [0.5, 0.6) is 0 Å². The van der Waals surface area contributed by atoms with Crippen molar-refractivity contribution in [1.29, 1.82) is 5.26 Å². The molecule has 1 amide bonds. The van der Waals surface area contributed by atoms with Gasteiger partial charge in [-0.05, 0) is 30.5 Å². The number of nitrogens with zero attached hydrogens (tertiary/aromatic N) is 4. The highest BCUT2D eigenvalue weighted by Gasteiger charge is 2.34. The predicted octanol–water partition coefficient (Wildman–Crippen LogP) is 4.03. The van der Waals surface area contributed by atoms with Gasteiger partial charge in [0.1, 0.15) is 11.9 Å². The molecule has 1 atom stereocenters. The highest BCUT2D eigenvalue weighted by molar-refractivity contribution is 5.92. The summed E-state index contributed by atoms with van der Waals surface area (Å²) in [5.41, 5.74) is 4.57. The second-order valence-corrected chi connectivity index (χ2v) is 8.38. The fourth-order valence-electron chi connectivity index (χ4n) is 4.83. The van der Waals surface area contributed by atoms with Gasteiger partial charge in [0.2, 0.25) is 0 Å². The first-order valence-corrected chi connectivity index (χ1v) is 11.4. The van der Waals surface area contributed by atoms with Crippen LogP contribution in [0.1, 0.15) is 40.6 Å². The zero-order valence-corrected chi connectivity index (χ0v) is 18.7. The van der Waals surface area contributed by atoms with Gasteiger partial charge in [0.05, 0.1) is 30.7 Å². The summed E-state index contributed by atoms with van der Waals surface area (Å²) in [5, 5.41) is 10.1. The van der Waals surface area contributed by atoms with Gasteiger partial charge in [-0.1, -0.05) is 37.3 Å². The van der Waals surface area contributed by atoms with Crippen LogP contribution >= 0.6 is 0 Å². The molecule has 0 aliphatic carbocycles. The first-order valence-electron chi connectivity index (χ1n) is 11.4. The molecule has 0 saturated carbocycles. The molecule has 0 radical (unpaired) electrons. The number of rotatable bonds is 4. The minimum absolute atomic E-state index is 0.00392. The van der Waals surface area contributed by atoms with E-state index in [1.165, 1.54) is 6.26 Å². The number of pyridine rings is 1. The average molecular weight is 443 g/mol. The molecule has 3 aromatic rings. The van der Waals surface area contributed by atoms with Gasteiger partial charge in [-0.15, -0.1) is 0 Å². The number of carbonyl (C=O) groups excluding carboxylic acids is 1. The molecule has 2 aromatic heterocycles. The largest absolute Gasteiger partial charge is 0.459 e. The zero-order valence-electron chi connectivity index (χ0n) is 18.7. The van der Waals surface area contributed by atoms with Gasteiger partial charge in [-0.3, -0.25) is 4.79 Å². The number of ether oxygens (including phenoxy) is 1. The number of carbonyl (C=O) groups is 1. The number of amides is 1. The highest BCUT2D eigenvalue weighted by atomic mass is 16.5. The summed E-state index contributed by atoms with van der Waals surface area (Å²) >= 11 is 0. The Morgan fingerprint density at radius 2 is 2.03 bits per heavy atom. The van der Waals surface area contributed by atoms with Crippen molar-refractivity contribution in [3.63, 3.8) is 0 Å². The topological polar surface area (TPSA) is 82.6 Å². The Hall–Kier alpha value is -3.63. The number of furan rings is 1. The summed E-state index contributed by atoms with van der Waals surface area (Å²) in [5.74, 6) is 0.978. The number of anilines is 1.